The van der Waals surface area contributed by atoms with Gasteiger partial charge in [0.15, 0.2) is 0 Å². The van der Waals surface area contributed by atoms with E-state index in [1.54, 1.807) is 0 Å². The normalized spacial score (nSPS) is 8.30. The topological polar surface area (TPSA) is 26.3 Å². The SMILES string of the molecule is CC(=O)O[CH-]C(C)C.[Zn+][Br]. The first-order valence-corrected chi connectivity index (χ1v) is 9.85. The van der Waals surface area contributed by atoms with Crippen LogP contribution < -0.4 is 0 Å². The Hall–Kier alpha value is 0.573. The molecule has 0 aromatic carbocycles. The van der Waals surface area contributed by atoms with Crippen LogP contribution in [0, 0.1) is 12.5 Å². The van der Waals surface area contributed by atoms with Gasteiger partial charge in [0.25, 0.3) is 5.97 Å². The average molecular weight is 260 g/mol. The standard InChI is InChI=1S/C6H11O2.BrH.Zn/c1-5(2)4-8-6(3)7;;/h4-5H,1-3H3;1H;/q-1;;+2/p-1. The third-order valence-corrected chi connectivity index (χ3v) is 0.506. The fourth-order valence-electron chi connectivity index (χ4n) is 0.232. The van der Waals surface area contributed by atoms with Gasteiger partial charge in [-0.25, -0.2) is 0 Å². The molecule has 2 nitrogen and oxygen atoms in total. The molecule has 0 aliphatic carbocycles. The Balaban J connectivity index is 0. The van der Waals surface area contributed by atoms with Gasteiger partial charge >= 0.3 is 30.0 Å². The molecule has 0 heterocycles. The molecule has 0 fully saturated rings. The van der Waals surface area contributed by atoms with E-state index in [0.29, 0.717) is 5.92 Å². The van der Waals surface area contributed by atoms with Gasteiger partial charge in [0.05, 0.1) is 0 Å². The molecular formula is C6H11BrO2Zn. The monoisotopic (exact) mass is 258 g/mol. The van der Waals surface area contributed by atoms with Crippen LogP contribution >= 0.6 is 13.6 Å². The molecular weight excluding hydrogens is 249 g/mol. The van der Waals surface area contributed by atoms with Crippen molar-refractivity contribution < 1.29 is 25.9 Å². The molecule has 0 amide bonds. The Morgan fingerprint density at radius 2 is 2.00 bits per heavy atom. The third kappa shape index (κ3) is 15.8. The van der Waals surface area contributed by atoms with Crippen LogP contribution in [0.2, 0.25) is 0 Å². The molecule has 0 atom stereocenters. The van der Waals surface area contributed by atoms with Gasteiger partial charge < -0.3 is 4.74 Å². The molecule has 0 aliphatic heterocycles. The van der Waals surface area contributed by atoms with Crippen LogP contribution in [0.25, 0.3) is 0 Å². The number of rotatable bonds is 2. The summed E-state index contributed by atoms with van der Waals surface area (Å²) in [6.07, 6.45) is 0. The summed E-state index contributed by atoms with van der Waals surface area (Å²) in [5.41, 5.74) is 0. The second kappa shape index (κ2) is 9.57. The quantitative estimate of drug-likeness (QED) is 0.432. The van der Waals surface area contributed by atoms with Crippen LogP contribution in [0.15, 0.2) is 0 Å². The molecule has 0 N–H and O–H groups in total. The Morgan fingerprint density at radius 3 is 2.10 bits per heavy atom. The molecule has 0 aromatic heterocycles. The Kier molecular flexibility index (Phi) is 12.6. The summed E-state index contributed by atoms with van der Waals surface area (Å²) < 4.78 is 4.54. The zero-order chi connectivity index (χ0) is 8.57. The van der Waals surface area contributed by atoms with Crippen LogP contribution in [-0.4, -0.2) is 5.97 Å². The average Bonchev–Trinajstić information content (AvgIpc) is 1.89. The van der Waals surface area contributed by atoms with Crippen LogP contribution in [0.4, 0.5) is 0 Å². The van der Waals surface area contributed by atoms with Gasteiger partial charge in [-0.3, -0.25) is 4.79 Å². The first-order valence-electron chi connectivity index (χ1n) is 2.90. The summed E-state index contributed by atoms with van der Waals surface area (Å²) in [4.78, 5) is 10.1. The maximum atomic E-state index is 10.1. The van der Waals surface area contributed by atoms with Gasteiger partial charge in [0.1, 0.15) is 0 Å². The molecule has 0 saturated heterocycles. The van der Waals surface area contributed by atoms with Crippen LogP contribution in [0.1, 0.15) is 20.8 Å². The van der Waals surface area contributed by atoms with Gasteiger partial charge in [-0.2, -0.15) is 6.61 Å². The first kappa shape index (κ1) is 13.2. The summed E-state index contributed by atoms with van der Waals surface area (Å²) in [7, 11) is 0. The van der Waals surface area contributed by atoms with Crippen molar-refractivity contribution in [2.75, 3.05) is 0 Å². The van der Waals surface area contributed by atoms with E-state index >= 15 is 0 Å². The first-order chi connectivity index (χ1) is 4.63. The van der Waals surface area contributed by atoms with Crippen LogP contribution in [0.5, 0.6) is 0 Å². The van der Waals surface area contributed by atoms with Gasteiger partial charge in [-0.05, 0) is 0 Å². The zero-order valence-electron chi connectivity index (χ0n) is 6.56. The van der Waals surface area contributed by atoms with E-state index in [1.165, 1.54) is 29.9 Å². The second-order valence-electron chi connectivity index (χ2n) is 1.99. The molecule has 56 valence electrons. The molecule has 0 saturated carbocycles. The summed E-state index contributed by atoms with van der Waals surface area (Å²) in [5.74, 6) is 0.0672. The van der Waals surface area contributed by atoms with E-state index < -0.39 is 0 Å². The van der Waals surface area contributed by atoms with Crippen molar-refractivity contribution in [3.63, 3.8) is 0 Å². The second-order valence-corrected chi connectivity index (χ2v) is 1.99. The van der Waals surface area contributed by atoms with Gasteiger partial charge in [-0.15, -0.1) is 5.92 Å². The van der Waals surface area contributed by atoms with Crippen molar-refractivity contribution in [2.45, 2.75) is 20.8 Å². The number of hydrogen-bond donors (Lipinski definition) is 0. The number of hydrogen-bond acceptors (Lipinski definition) is 2. The Morgan fingerprint density at radius 1 is 1.60 bits per heavy atom. The van der Waals surface area contributed by atoms with E-state index in [-0.39, 0.29) is 5.97 Å². The predicted octanol–water partition coefficient (Wildman–Crippen LogP) is 2.21. The summed E-state index contributed by atoms with van der Waals surface area (Å²) >= 11 is 4.25. The molecule has 0 rings (SSSR count). The molecule has 0 aromatic rings. The van der Waals surface area contributed by atoms with Crippen molar-refractivity contribution in [2.24, 2.45) is 5.92 Å². The number of esters is 1. The molecule has 0 unspecified atom stereocenters. The minimum absolute atomic E-state index is 0.251. The van der Waals surface area contributed by atoms with Crippen LogP contribution in [-0.2, 0) is 25.9 Å². The van der Waals surface area contributed by atoms with Crippen molar-refractivity contribution in [1.29, 1.82) is 0 Å². The van der Waals surface area contributed by atoms with E-state index in [0.717, 1.165) is 0 Å². The van der Waals surface area contributed by atoms with Crippen molar-refractivity contribution in [3.8, 4) is 0 Å². The van der Waals surface area contributed by atoms with Gasteiger partial charge in [0, 0.05) is 6.92 Å². The van der Waals surface area contributed by atoms with E-state index in [4.69, 9.17) is 0 Å². The summed E-state index contributed by atoms with van der Waals surface area (Å²) in [6, 6.07) is 0. The summed E-state index contributed by atoms with van der Waals surface area (Å²) in [5, 5.41) is 0. The van der Waals surface area contributed by atoms with Crippen molar-refractivity contribution >= 4 is 19.6 Å². The van der Waals surface area contributed by atoms with Gasteiger partial charge in [-0.1, -0.05) is 13.8 Å². The number of halogens is 1. The molecule has 10 heavy (non-hydrogen) atoms. The fourth-order valence-corrected chi connectivity index (χ4v) is 0.232. The van der Waals surface area contributed by atoms with E-state index in [9.17, 15) is 4.79 Å². The molecule has 0 bridgehead atoms. The van der Waals surface area contributed by atoms with Crippen LogP contribution in [0.3, 0.4) is 0 Å². The minimum atomic E-state index is -0.251. The van der Waals surface area contributed by atoms with Gasteiger partial charge in [0.2, 0.25) is 0 Å². The van der Waals surface area contributed by atoms with Crippen molar-refractivity contribution in [3.05, 3.63) is 6.61 Å². The maximum absolute atomic E-state index is 10.1. The van der Waals surface area contributed by atoms with E-state index in [1.807, 2.05) is 13.8 Å². The third-order valence-electron chi connectivity index (χ3n) is 0.506. The van der Waals surface area contributed by atoms with E-state index in [2.05, 4.69) is 18.4 Å². The van der Waals surface area contributed by atoms with Crippen molar-refractivity contribution in [1.82, 2.24) is 0 Å². The number of ether oxygens (including phenoxy) is 1. The molecule has 0 aliphatic rings. The zero-order valence-corrected chi connectivity index (χ0v) is 11.1. The Bertz CT molecular complexity index is 85.8. The number of carbonyl (C=O) groups excluding carboxylic acids is 1. The predicted molar refractivity (Wildman–Crippen MR) is 39.8 cm³/mol. The summed E-state index contributed by atoms with van der Waals surface area (Å²) in [6.45, 7) is 6.80. The molecule has 0 radical (unpaired) electrons. The number of carbonyl (C=O) groups is 1. The fraction of sp³-hybridized carbons (Fsp3) is 0.667. The Labute approximate surface area is 78.7 Å². The molecule has 4 heteroatoms. The molecule has 0 spiro atoms.